The third-order valence-corrected chi connectivity index (χ3v) is 1.75. The molecule has 0 aliphatic carbocycles. The second kappa shape index (κ2) is 7.94. The van der Waals surface area contributed by atoms with Crippen molar-refractivity contribution in [1.29, 1.82) is 0 Å². The number of Topliss-reactive ketones (excluding diaryl/α,β-unsaturated/α-hetero) is 2. The molecule has 0 saturated carbocycles. The summed E-state index contributed by atoms with van der Waals surface area (Å²) in [7, 11) is 0. The number of amides is 2. The predicted octanol–water partition coefficient (Wildman–Crippen LogP) is -0.409. The summed E-state index contributed by atoms with van der Waals surface area (Å²) in [5.74, 6) is -1.54. The largest absolute Gasteiger partial charge is 0.366 e. The van der Waals surface area contributed by atoms with Gasteiger partial charge in [-0.05, 0) is 13.8 Å². The number of rotatable bonds is 7. The first-order valence-electron chi connectivity index (χ1n) is 5.25. The number of ketones is 2. The molecule has 0 aromatic heterocycles. The van der Waals surface area contributed by atoms with Crippen LogP contribution in [0.2, 0.25) is 0 Å². The molecule has 6 heteroatoms. The Hall–Kier alpha value is -2.24. The molecule has 0 radical (unpaired) electrons. The monoisotopic (exact) mass is 252 g/mol. The number of nitrogens with two attached hydrogens (primary N) is 1. The van der Waals surface area contributed by atoms with Crippen molar-refractivity contribution < 1.29 is 19.2 Å². The summed E-state index contributed by atoms with van der Waals surface area (Å²) in [5, 5.41) is 0. The van der Waals surface area contributed by atoms with Crippen molar-refractivity contribution in [1.82, 2.24) is 4.90 Å². The fourth-order valence-corrected chi connectivity index (χ4v) is 1.14. The Morgan fingerprint density at radius 2 is 1.39 bits per heavy atom. The lowest BCUT2D eigenvalue weighted by atomic mass is 10.3. The van der Waals surface area contributed by atoms with E-state index in [9.17, 15) is 19.2 Å². The highest BCUT2D eigenvalue weighted by Crippen LogP contribution is 1.94. The predicted molar refractivity (Wildman–Crippen MR) is 65.4 cm³/mol. The van der Waals surface area contributed by atoms with Crippen LogP contribution in [-0.2, 0) is 19.2 Å². The van der Waals surface area contributed by atoms with E-state index in [1.54, 1.807) is 0 Å². The normalized spacial score (nSPS) is 10.8. The molecule has 0 aliphatic rings. The van der Waals surface area contributed by atoms with Crippen molar-refractivity contribution in [2.24, 2.45) is 5.73 Å². The maximum Gasteiger partial charge on any atom is 0.247 e. The van der Waals surface area contributed by atoms with Gasteiger partial charge in [-0.15, -0.1) is 0 Å². The molecule has 98 valence electrons. The van der Waals surface area contributed by atoms with E-state index >= 15 is 0 Å². The van der Waals surface area contributed by atoms with Gasteiger partial charge in [-0.1, -0.05) is 12.2 Å². The zero-order valence-corrected chi connectivity index (χ0v) is 10.4. The van der Waals surface area contributed by atoms with E-state index in [0.717, 1.165) is 17.1 Å². The molecule has 0 rings (SSSR count). The average Bonchev–Trinajstić information content (AvgIpc) is 2.21. The highest BCUT2D eigenvalue weighted by Gasteiger charge is 2.14. The quantitative estimate of drug-likeness (QED) is 0.492. The van der Waals surface area contributed by atoms with Gasteiger partial charge in [0.05, 0.1) is 13.1 Å². The fraction of sp³-hybridized carbons (Fsp3) is 0.333. The zero-order chi connectivity index (χ0) is 14.1. The van der Waals surface area contributed by atoms with Crippen molar-refractivity contribution in [3.05, 3.63) is 24.3 Å². The van der Waals surface area contributed by atoms with Gasteiger partial charge in [0.2, 0.25) is 11.8 Å². The van der Waals surface area contributed by atoms with Crippen LogP contribution in [0.3, 0.4) is 0 Å². The Morgan fingerprint density at radius 1 is 0.944 bits per heavy atom. The van der Waals surface area contributed by atoms with E-state index < -0.39 is 11.8 Å². The number of nitrogens with zero attached hydrogens (tertiary/aromatic N) is 1. The van der Waals surface area contributed by atoms with Crippen LogP contribution >= 0.6 is 0 Å². The Bertz CT molecular complexity index is 394. The van der Waals surface area contributed by atoms with Crippen molar-refractivity contribution in [3.63, 3.8) is 0 Å². The molecule has 0 spiro atoms. The SMILES string of the molecule is CC(=O)CN(CC(C)=O)C(=O)C=CC=CC(N)=O. The molecule has 0 aromatic carbocycles. The van der Waals surface area contributed by atoms with Crippen LogP contribution < -0.4 is 5.73 Å². The summed E-state index contributed by atoms with van der Waals surface area (Å²) in [5.41, 5.74) is 4.86. The molecule has 0 saturated heterocycles. The molecule has 0 heterocycles. The van der Waals surface area contributed by atoms with Gasteiger partial charge in [0.15, 0.2) is 0 Å². The zero-order valence-electron chi connectivity index (χ0n) is 10.4. The van der Waals surface area contributed by atoms with Gasteiger partial charge in [0.25, 0.3) is 0 Å². The summed E-state index contributed by atoms with van der Waals surface area (Å²) in [4.78, 5) is 45.1. The van der Waals surface area contributed by atoms with Gasteiger partial charge in [-0.25, -0.2) is 0 Å². The first-order chi connectivity index (χ1) is 8.32. The van der Waals surface area contributed by atoms with Crippen LogP contribution in [0.4, 0.5) is 0 Å². The minimum absolute atomic E-state index is 0.123. The minimum Gasteiger partial charge on any atom is -0.366 e. The number of carbonyl (C=O) groups excluding carboxylic acids is 4. The molecule has 0 fully saturated rings. The summed E-state index contributed by atoms with van der Waals surface area (Å²) in [6.07, 6.45) is 4.87. The fourth-order valence-electron chi connectivity index (χ4n) is 1.14. The molecule has 0 atom stereocenters. The summed E-state index contributed by atoms with van der Waals surface area (Å²) < 4.78 is 0. The Balaban J connectivity index is 4.59. The van der Waals surface area contributed by atoms with E-state index in [1.807, 2.05) is 0 Å². The Labute approximate surface area is 105 Å². The highest BCUT2D eigenvalue weighted by molar-refractivity contribution is 5.94. The second-order valence-electron chi connectivity index (χ2n) is 3.72. The molecule has 0 aromatic rings. The van der Waals surface area contributed by atoms with Crippen LogP contribution in [0.15, 0.2) is 24.3 Å². The number of carbonyl (C=O) groups is 4. The van der Waals surface area contributed by atoms with E-state index in [4.69, 9.17) is 5.73 Å². The van der Waals surface area contributed by atoms with Crippen molar-refractivity contribution in [3.8, 4) is 0 Å². The summed E-state index contributed by atoms with van der Waals surface area (Å²) in [6.45, 7) is 2.42. The maximum atomic E-state index is 11.6. The molecule has 18 heavy (non-hydrogen) atoms. The molecule has 2 amide bonds. The highest BCUT2D eigenvalue weighted by atomic mass is 16.2. The lowest BCUT2D eigenvalue weighted by Gasteiger charge is -2.17. The standard InChI is InChI=1S/C12H16N2O4/c1-9(15)7-14(8-10(2)16)12(18)6-4-3-5-11(13)17/h3-6H,7-8H2,1-2H3,(H2,13,17). The molecular weight excluding hydrogens is 236 g/mol. The minimum atomic E-state index is -0.628. The lowest BCUT2D eigenvalue weighted by Crippen LogP contribution is -2.37. The van der Waals surface area contributed by atoms with Gasteiger partial charge in [-0.2, -0.15) is 0 Å². The third kappa shape index (κ3) is 7.98. The molecular formula is C12H16N2O4. The number of hydrogen-bond acceptors (Lipinski definition) is 4. The lowest BCUT2D eigenvalue weighted by molar-refractivity contribution is -0.134. The first-order valence-corrected chi connectivity index (χ1v) is 5.25. The van der Waals surface area contributed by atoms with E-state index in [-0.39, 0.29) is 24.7 Å². The van der Waals surface area contributed by atoms with E-state index in [0.29, 0.717) is 0 Å². The van der Waals surface area contributed by atoms with E-state index in [2.05, 4.69) is 0 Å². The number of hydrogen-bond donors (Lipinski definition) is 1. The topological polar surface area (TPSA) is 97.5 Å². The van der Waals surface area contributed by atoms with Gasteiger partial charge in [-0.3, -0.25) is 19.2 Å². The Morgan fingerprint density at radius 3 is 1.78 bits per heavy atom. The summed E-state index contributed by atoms with van der Waals surface area (Å²) >= 11 is 0. The number of allylic oxidation sites excluding steroid dienone is 2. The Kier molecular flexibility index (Phi) is 6.95. The average molecular weight is 252 g/mol. The van der Waals surface area contributed by atoms with Crippen molar-refractivity contribution in [2.75, 3.05) is 13.1 Å². The van der Waals surface area contributed by atoms with Crippen LogP contribution in [0, 0.1) is 0 Å². The van der Waals surface area contributed by atoms with Crippen LogP contribution in [0.5, 0.6) is 0 Å². The molecule has 6 nitrogen and oxygen atoms in total. The van der Waals surface area contributed by atoms with Crippen molar-refractivity contribution >= 4 is 23.4 Å². The van der Waals surface area contributed by atoms with Gasteiger partial charge < -0.3 is 10.6 Å². The molecule has 0 unspecified atom stereocenters. The second-order valence-corrected chi connectivity index (χ2v) is 3.72. The smallest absolute Gasteiger partial charge is 0.247 e. The van der Waals surface area contributed by atoms with Crippen molar-refractivity contribution in [2.45, 2.75) is 13.8 Å². The van der Waals surface area contributed by atoms with Gasteiger partial charge >= 0.3 is 0 Å². The summed E-state index contributed by atoms with van der Waals surface area (Å²) in [6, 6.07) is 0. The van der Waals surface area contributed by atoms with Crippen LogP contribution in [0.1, 0.15) is 13.8 Å². The maximum absolute atomic E-state index is 11.6. The molecule has 0 aliphatic heterocycles. The van der Waals surface area contributed by atoms with Crippen LogP contribution in [0.25, 0.3) is 0 Å². The van der Waals surface area contributed by atoms with Gasteiger partial charge in [0, 0.05) is 12.2 Å². The first kappa shape index (κ1) is 15.8. The van der Waals surface area contributed by atoms with Crippen LogP contribution in [-0.4, -0.2) is 41.4 Å². The third-order valence-electron chi connectivity index (χ3n) is 1.75. The molecule has 2 N–H and O–H groups in total. The van der Waals surface area contributed by atoms with E-state index in [1.165, 1.54) is 26.0 Å². The van der Waals surface area contributed by atoms with Gasteiger partial charge in [0.1, 0.15) is 11.6 Å². The number of primary amides is 1. The molecule has 0 bridgehead atoms.